The molecule has 1 aromatic rings. The third kappa shape index (κ3) is 1.80. The summed E-state index contributed by atoms with van der Waals surface area (Å²) in [5.41, 5.74) is 2.31. The summed E-state index contributed by atoms with van der Waals surface area (Å²) in [4.78, 5) is 7.14. The number of nitrogens with one attached hydrogen (secondary N) is 1. The number of fused-ring (bicyclic) bond motifs is 1. The van der Waals surface area contributed by atoms with Crippen molar-refractivity contribution in [1.29, 1.82) is 0 Å². The number of H-pyrrole nitrogens is 1. The molecule has 0 bridgehead atoms. The van der Waals surface area contributed by atoms with E-state index < -0.39 is 0 Å². The van der Waals surface area contributed by atoms with Gasteiger partial charge in [-0.05, 0) is 0 Å². The fraction of sp³-hybridized carbons (Fsp3) is 0.625. The van der Waals surface area contributed by atoms with Crippen LogP contribution < -0.4 is 0 Å². The van der Waals surface area contributed by atoms with Gasteiger partial charge in [-0.25, -0.2) is 4.98 Å². The minimum atomic E-state index is 0.704. The van der Waals surface area contributed by atoms with Crippen LogP contribution in [0.25, 0.3) is 0 Å². The summed E-state index contributed by atoms with van der Waals surface area (Å²) in [7, 11) is 0. The van der Waals surface area contributed by atoms with Crippen LogP contribution in [0.1, 0.15) is 25.2 Å². The normalized spacial score (nSPS) is 14.7. The number of nitrogens with zero attached hydrogens (tertiary/aromatic N) is 1. The first-order chi connectivity index (χ1) is 5.47. The quantitative estimate of drug-likeness (QED) is 0.615. The minimum absolute atomic E-state index is 0.704. The summed E-state index contributed by atoms with van der Waals surface area (Å²) in [5, 5.41) is 0. The van der Waals surface area contributed by atoms with Crippen molar-refractivity contribution in [2.24, 2.45) is 0 Å². The van der Waals surface area contributed by atoms with Crippen LogP contribution >= 0.6 is 0 Å². The topological polar surface area (TPSA) is 37.9 Å². The van der Waals surface area contributed by atoms with E-state index >= 15 is 0 Å². The van der Waals surface area contributed by atoms with Crippen molar-refractivity contribution in [3.05, 3.63) is 17.7 Å². The van der Waals surface area contributed by atoms with Crippen molar-refractivity contribution in [1.82, 2.24) is 9.97 Å². The van der Waals surface area contributed by atoms with Gasteiger partial charge in [0.15, 0.2) is 0 Å². The van der Waals surface area contributed by atoms with Gasteiger partial charge in [0, 0.05) is 6.42 Å². The first-order valence-electron chi connectivity index (χ1n) is 4.05. The van der Waals surface area contributed by atoms with E-state index in [9.17, 15) is 0 Å². The van der Waals surface area contributed by atoms with Crippen LogP contribution in [-0.4, -0.2) is 16.6 Å². The lowest BCUT2D eigenvalue weighted by Gasteiger charge is -2.09. The maximum atomic E-state index is 5.18. The van der Waals surface area contributed by atoms with Gasteiger partial charge in [0.2, 0.25) is 0 Å². The monoisotopic (exact) mass is 154 g/mol. The Hall–Kier alpha value is -0.830. The van der Waals surface area contributed by atoms with Gasteiger partial charge in [-0.2, -0.15) is 0 Å². The van der Waals surface area contributed by atoms with E-state index in [2.05, 4.69) is 9.97 Å². The van der Waals surface area contributed by atoms with Crippen molar-refractivity contribution in [3.8, 4) is 0 Å². The molecule has 0 saturated heterocycles. The van der Waals surface area contributed by atoms with Crippen molar-refractivity contribution in [2.45, 2.75) is 26.9 Å². The van der Waals surface area contributed by atoms with Gasteiger partial charge in [0.1, 0.15) is 0 Å². The Balaban J connectivity index is 0.000000281. The average molecular weight is 154 g/mol. The molecule has 0 atom stereocenters. The van der Waals surface area contributed by atoms with Crippen LogP contribution in [0.3, 0.4) is 0 Å². The molecular formula is C8H14N2O. The summed E-state index contributed by atoms with van der Waals surface area (Å²) in [6, 6.07) is 0. The van der Waals surface area contributed by atoms with E-state index in [0.29, 0.717) is 6.61 Å². The molecule has 0 radical (unpaired) electrons. The third-order valence-electron chi connectivity index (χ3n) is 1.54. The first-order valence-corrected chi connectivity index (χ1v) is 4.05. The molecule has 0 fully saturated rings. The lowest BCUT2D eigenvalue weighted by Crippen LogP contribution is -2.08. The summed E-state index contributed by atoms with van der Waals surface area (Å²) < 4.78 is 5.18. The molecule has 1 aromatic heterocycles. The Morgan fingerprint density at radius 3 is 3.09 bits per heavy atom. The largest absolute Gasteiger partial charge is 0.375 e. The molecule has 1 aliphatic rings. The van der Waals surface area contributed by atoms with Crippen molar-refractivity contribution >= 4 is 0 Å². The maximum Gasteiger partial charge on any atom is 0.0925 e. The zero-order chi connectivity index (χ0) is 8.10. The Kier molecular flexibility index (Phi) is 3.11. The highest BCUT2D eigenvalue weighted by Crippen LogP contribution is 2.10. The van der Waals surface area contributed by atoms with Gasteiger partial charge in [0.25, 0.3) is 0 Å². The second kappa shape index (κ2) is 4.13. The highest BCUT2D eigenvalue weighted by atomic mass is 16.5. The summed E-state index contributed by atoms with van der Waals surface area (Å²) >= 11 is 0. The SMILES string of the molecule is CC.c1nc2c([nH]1)COCC2. The Bertz CT molecular complexity index is 187. The highest BCUT2D eigenvalue weighted by Gasteiger charge is 2.09. The van der Waals surface area contributed by atoms with Crippen molar-refractivity contribution < 1.29 is 4.74 Å². The molecule has 1 N–H and O–H groups in total. The Morgan fingerprint density at radius 2 is 2.36 bits per heavy atom. The molecular weight excluding hydrogens is 140 g/mol. The summed E-state index contributed by atoms with van der Waals surface area (Å²) in [6.45, 7) is 5.52. The van der Waals surface area contributed by atoms with Crippen molar-refractivity contribution in [2.75, 3.05) is 6.61 Å². The molecule has 62 valence electrons. The lowest BCUT2D eigenvalue weighted by atomic mass is 10.2. The summed E-state index contributed by atoms with van der Waals surface area (Å²) in [6.07, 6.45) is 2.68. The highest BCUT2D eigenvalue weighted by molar-refractivity contribution is 5.11. The predicted molar refractivity (Wildman–Crippen MR) is 43.3 cm³/mol. The second-order valence-electron chi connectivity index (χ2n) is 2.13. The van der Waals surface area contributed by atoms with E-state index in [4.69, 9.17) is 4.74 Å². The van der Waals surface area contributed by atoms with Crippen LogP contribution in [0.5, 0.6) is 0 Å². The second-order valence-corrected chi connectivity index (χ2v) is 2.13. The number of hydrogen-bond donors (Lipinski definition) is 1. The van der Waals surface area contributed by atoms with Crippen LogP contribution in [0, 0.1) is 0 Å². The third-order valence-corrected chi connectivity index (χ3v) is 1.54. The lowest BCUT2D eigenvalue weighted by molar-refractivity contribution is 0.107. The van der Waals surface area contributed by atoms with Gasteiger partial charge in [-0.3, -0.25) is 0 Å². The van der Waals surface area contributed by atoms with E-state index in [-0.39, 0.29) is 0 Å². The molecule has 2 rings (SSSR count). The number of hydrogen-bond acceptors (Lipinski definition) is 2. The van der Waals surface area contributed by atoms with E-state index in [0.717, 1.165) is 18.7 Å². The molecule has 0 spiro atoms. The smallest absolute Gasteiger partial charge is 0.0925 e. The zero-order valence-electron chi connectivity index (χ0n) is 7.05. The van der Waals surface area contributed by atoms with Crippen molar-refractivity contribution in [3.63, 3.8) is 0 Å². The van der Waals surface area contributed by atoms with Gasteiger partial charge in [0.05, 0.1) is 30.9 Å². The average Bonchev–Trinajstić information content (AvgIpc) is 2.55. The maximum absolute atomic E-state index is 5.18. The number of imidazole rings is 1. The Morgan fingerprint density at radius 1 is 1.55 bits per heavy atom. The molecule has 0 saturated carbocycles. The molecule has 1 aliphatic heterocycles. The Labute approximate surface area is 66.8 Å². The van der Waals surface area contributed by atoms with E-state index in [1.165, 1.54) is 5.69 Å². The molecule has 2 heterocycles. The van der Waals surface area contributed by atoms with E-state index in [1.807, 2.05) is 13.8 Å². The predicted octanol–water partition coefficient (Wildman–Crippen LogP) is 1.51. The van der Waals surface area contributed by atoms with Gasteiger partial charge in [-0.1, -0.05) is 13.8 Å². The molecule has 3 heteroatoms. The van der Waals surface area contributed by atoms with Crippen LogP contribution in [0.15, 0.2) is 6.33 Å². The number of ether oxygens (including phenoxy) is 1. The number of rotatable bonds is 0. The van der Waals surface area contributed by atoms with E-state index in [1.54, 1.807) is 6.33 Å². The van der Waals surface area contributed by atoms with Crippen LogP contribution in [0.4, 0.5) is 0 Å². The standard InChI is InChI=1S/C6H8N2O.C2H6/c1-2-9-3-6-5(1)7-4-8-6;1-2/h4H,1-3H2,(H,7,8);1-2H3. The van der Waals surface area contributed by atoms with Gasteiger partial charge >= 0.3 is 0 Å². The summed E-state index contributed by atoms with van der Waals surface area (Å²) in [5.74, 6) is 0. The first kappa shape index (κ1) is 8.27. The van der Waals surface area contributed by atoms with Gasteiger partial charge in [-0.15, -0.1) is 0 Å². The molecule has 11 heavy (non-hydrogen) atoms. The molecule has 0 unspecified atom stereocenters. The number of aromatic nitrogens is 2. The number of aromatic amines is 1. The minimum Gasteiger partial charge on any atom is -0.375 e. The van der Waals surface area contributed by atoms with Crippen LogP contribution in [0.2, 0.25) is 0 Å². The molecule has 0 aromatic carbocycles. The molecule has 0 aliphatic carbocycles. The molecule has 0 amide bonds. The van der Waals surface area contributed by atoms with Crippen LogP contribution in [-0.2, 0) is 17.8 Å². The fourth-order valence-electron chi connectivity index (χ4n) is 1.03. The fourth-order valence-corrected chi connectivity index (χ4v) is 1.03. The molecule has 3 nitrogen and oxygen atoms in total. The van der Waals surface area contributed by atoms with Gasteiger partial charge < -0.3 is 9.72 Å². The zero-order valence-corrected chi connectivity index (χ0v) is 7.05.